The van der Waals surface area contributed by atoms with Gasteiger partial charge < -0.3 is 9.13 Å². The van der Waals surface area contributed by atoms with Crippen molar-refractivity contribution in [1.82, 2.24) is 24.1 Å². The second-order valence-corrected chi connectivity index (χ2v) is 14.0. The normalized spacial score (nSPS) is 11.6. The number of para-hydroxylation sites is 4. The summed E-state index contributed by atoms with van der Waals surface area (Å²) in [5.41, 5.74) is 11.3. The standard InChI is InChI=1S/C51H33N5/c1-4-18-34(19-5-1)37-32-33-46(55-42-28-14-10-24-38(42)39-25-11-15-29-43(39)55)48(56-44-30-16-12-26-40(44)41-27-13-17-31-45(41)56)47(37)51-53-49(35-20-6-2-7-21-35)52-50(54-51)36-22-8-3-9-23-36/h1-33H. The largest absolute Gasteiger partial charge is 0.307 e. The van der Waals surface area contributed by atoms with Crippen molar-refractivity contribution in [2.24, 2.45) is 0 Å². The number of nitrogens with zero attached hydrogens (tertiary/aromatic N) is 5. The predicted octanol–water partition coefficient (Wildman–Crippen LogP) is 12.7. The molecule has 56 heavy (non-hydrogen) atoms. The van der Waals surface area contributed by atoms with Crippen LogP contribution < -0.4 is 0 Å². The molecule has 0 atom stereocenters. The lowest BCUT2D eigenvalue weighted by molar-refractivity contribution is 1.05. The van der Waals surface area contributed by atoms with Gasteiger partial charge in [-0.2, -0.15) is 0 Å². The lowest BCUT2D eigenvalue weighted by Gasteiger charge is -2.23. The van der Waals surface area contributed by atoms with E-state index in [0.29, 0.717) is 17.5 Å². The molecule has 5 nitrogen and oxygen atoms in total. The quantitative estimate of drug-likeness (QED) is 0.172. The average molecular weight is 716 g/mol. The molecule has 11 rings (SSSR count). The van der Waals surface area contributed by atoms with Crippen LogP contribution in [0.4, 0.5) is 0 Å². The average Bonchev–Trinajstić information content (AvgIpc) is 3.79. The monoisotopic (exact) mass is 715 g/mol. The Labute approximate surface area is 323 Å². The van der Waals surface area contributed by atoms with E-state index in [-0.39, 0.29) is 0 Å². The highest BCUT2D eigenvalue weighted by atomic mass is 15.1. The van der Waals surface area contributed by atoms with E-state index >= 15 is 0 Å². The van der Waals surface area contributed by atoms with Gasteiger partial charge in [-0.1, -0.05) is 170 Å². The molecule has 3 heterocycles. The van der Waals surface area contributed by atoms with Gasteiger partial charge in [0.1, 0.15) is 0 Å². The molecule has 0 fully saturated rings. The number of rotatable bonds is 6. The minimum absolute atomic E-state index is 0.594. The summed E-state index contributed by atoms with van der Waals surface area (Å²) in [4.78, 5) is 16.0. The van der Waals surface area contributed by atoms with Crippen molar-refractivity contribution in [3.8, 4) is 56.7 Å². The van der Waals surface area contributed by atoms with E-state index in [0.717, 1.165) is 61.3 Å². The Morgan fingerprint density at radius 1 is 0.286 bits per heavy atom. The van der Waals surface area contributed by atoms with Crippen LogP contribution in [-0.2, 0) is 0 Å². The molecular formula is C51H33N5. The maximum Gasteiger partial charge on any atom is 0.166 e. The number of aromatic nitrogens is 5. The van der Waals surface area contributed by atoms with Gasteiger partial charge in [0.2, 0.25) is 0 Å². The van der Waals surface area contributed by atoms with E-state index in [1.165, 1.54) is 21.5 Å². The van der Waals surface area contributed by atoms with Crippen LogP contribution in [0.25, 0.3) is 100 Å². The molecule has 0 N–H and O–H groups in total. The lowest BCUT2D eigenvalue weighted by atomic mass is 9.95. The van der Waals surface area contributed by atoms with Gasteiger partial charge in [-0.15, -0.1) is 0 Å². The van der Waals surface area contributed by atoms with E-state index < -0.39 is 0 Å². The maximum atomic E-state index is 5.42. The van der Waals surface area contributed by atoms with E-state index in [9.17, 15) is 0 Å². The zero-order valence-corrected chi connectivity index (χ0v) is 30.3. The van der Waals surface area contributed by atoms with Gasteiger partial charge in [-0.25, -0.2) is 15.0 Å². The first-order chi connectivity index (χ1) is 27.8. The van der Waals surface area contributed by atoms with Crippen molar-refractivity contribution in [1.29, 1.82) is 0 Å². The van der Waals surface area contributed by atoms with Crippen LogP contribution in [0.3, 0.4) is 0 Å². The van der Waals surface area contributed by atoms with Crippen molar-refractivity contribution in [3.05, 3.63) is 200 Å². The van der Waals surface area contributed by atoms with Crippen LogP contribution in [0.5, 0.6) is 0 Å². The number of hydrogen-bond donors (Lipinski definition) is 0. The van der Waals surface area contributed by atoms with Crippen LogP contribution >= 0.6 is 0 Å². The molecule has 11 aromatic rings. The first kappa shape index (κ1) is 31.9. The SMILES string of the molecule is c1ccc(-c2nc(-c3ccccc3)nc(-c3c(-c4ccccc4)ccc(-n4c5ccccc5c5ccccc54)c3-n3c4ccccc4c4ccccc43)n2)cc1. The number of benzene rings is 8. The number of fused-ring (bicyclic) bond motifs is 6. The van der Waals surface area contributed by atoms with Gasteiger partial charge in [0.15, 0.2) is 17.5 Å². The van der Waals surface area contributed by atoms with Gasteiger partial charge >= 0.3 is 0 Å². The summed E-state index contributed by atoms with van der Waals surface area (Å²) >= 11 is 0. The third-order valence-electron chi connectivity index (χ3n) is 10.8. The Morgan fingerprint density at radius 2 is 0.643 bits per heavy atom. The van der Waals surface area contributed by atoms with Crippen molar-refractivity contribution in [2.45, 2.75) is 0 Å². The lowest BCUT2D eigenvalue weighted by Crippen LogP contribution is -2.09. The van der Waals surface area contributed by atoms with Gasteiger partial charge in [0, 0.05) is 32.7 Å². The predicted molar refractivity (Wildman–Crippen MR) is 230 cm³/mol. The molecule has 0 bridgehead atoms. The van der Waals surface area contributed by atoms with Crippen molar-refractivity contribution < 1.29 is 0 Å². The van der Waals surface area contributed by atoms with Gasteiger partial charge in [-0.05, 0) is 41.5 Å². The third-order valence-corrected chi connectivity index (χ3v) is 10.8. The second-order valence-electron chi connectivity index (χ2n) is 14.0. The van der Waals surface area contributed by atoms with Crippen molar-refractivity contribution in [2.75, 3.05) is 0 Å². The Balaban J connectivity index is 1.37. The smallest absolute Gasteiger partial charge is 0.166 e. The van der Waals surface area contributed by atoms with E-state index in [1.807, 2.05) is 36.4 Å². The Bertz CT molecular complexity index is 3070. The fourth-order valence-electron chi connectivity index (χ4n) is 8.34. The fourth-order valence-corrected chi connectivity index (χ4v) is 8.34. The van der Waals surface area contributed by atoms with Crippen LogP contribution in [0, 0.1) is 0 Å². The van der Waals surface area contributed by atoms with Crippen LogP contribution in [0.15, 0.2) is 200 Å². The Kier molecular flexibility index (Phi) is 7.42. The fraction of sp³-hybridized carbons (Fsp3) is 0. The summed E-state index contributed by atoms with van der Waals surface area (Å²) in [7, 11) is 0. The van der Waals surface area contributed by atoms with E-state index in [4.69, 9.17) is 15.0 Å². The van der Waals surface area contributed by atoms with Gasteiger partial charge in [-0.3, -0.25) is 0 Å². The summed E-state index contributed by atoms with van der Waals surface area (Å²) in [5, 5.41) is 4.75. The summed E-state index contributed by atoms with van der Waals surface area (Å²) in [6, 6.07) is 70.3. The van der Waals surface area contributed by atoms with Gasteiger partial charge in [0.25, 0.3) is 0 Å². The van der Waals surface area contributed by atoms with Crippen molar-refractivity contribution in [3.63, 3.8) is 0 Å². The molecular weight excluding hydrogens is 683 g/mol. The molecule has 8 aromatic carbocycles. The molecule has 0 aliphatic heterocycles. The highest BCUT2D eigenvalue weighted by Gasteiger charge is 2.27. The first-order valence-corrected chi connectivity index (χ1v) is 18.9. The molecule has 0 saturated heterocycles. The molecule has 0 aliphatic rings. The first-order valence-electron chi connectivity index (χ1n) is 18.9. The topological polar surface area (TPSA) is 48.5 Å². The molecule has 0 amide bonds. The van der Waals surface area contributed by atoms with E-state index in [2.05, 4.69) is 173 Å². The molecule has 5 heteroatoms. The Hall–Kier alpha value is -7.63. The zero-order chi connectivity index (χ0) is 37.0. The third kappa shape index (κ3) is 5.06. The molecule has 0 saturated carbocycles. The van der Waals surface area contributed by atoms with Crippen LogP contribution in [0.1, 0.15) is 0 Å². The molecule has 0 aliphatic carbocycles. The molecule has 0 unspecified atom stereocenters. The highest BCUT2D eigenvalue weighted by Crippen LogP contribution is 2.45. The maximum absolute atomic E-state index is 5.42. The van der Waals surface area contributed by atoms with Crippen LogP contribution in [0.2, 0.25) is 0 Å². The summed E-state index contributed by atoms with van der Waals surface area (Å²) in [6.45, 7) is 0. The number of hydrogen-bond acceptors (Lipinski definition) is 3. The van der Waals surface area contributed by atoms with Gasteiger partial charge in [0.05, 0.1) is 39.0 Å². The minimum Gasteiger partial charge on any atom is -0.307 e. The summed E-state index contributed by atoms with van der Waals surface area (Å²) < 4.78 is 4.85. The minimum atomic E-state index is 0.594. The molecule has 262 valence electrons. The zero-order valence-electron chi connectivity index (χ0n) is 30.3. The molecule has 0 radical (unpaired) electrons. The second kappa shape index (κ2) is 13.0. The molecule has 3 aromatic heterocycles. The summed E-state index contributed by atoms with van der Waals surface area (Å²) in [5.74, 6) is 1.82. The van der Waals surface area contributed by atoms with Crippen LogP contribution in [-0.4, -0.2) is 24.1 Å². The highest BCUT2D eigenvalue weighted by molar-refractivity contribution is 6.12. The molecule has 0 spiro atoms. The van der Waals surface area contributed by atoms with E-state index in [1.54, 1.807) is 0 Å². The summed E-state index contributed by atoms with van der Waals surface area (Å²) in [6.07, 6.45) is 0. The Morgan fingerprint density at radius 3 is 1.09 bits per heavy atom. The van der Waals surface area contributed by atoms with Crippen molar-refractivity contribution >= 4 is 43.6 Å².